The van der Waals surface area contributed by atoms with E-state index in [0.717, 1.165) is 36.6 Å². The van der Waals surface area contributed by atoms with Gasteiger partial charge in [0.2, 0.25) is 0 Å². The van der Waals surface area contributed by atoms with Crippen molar-refractivity contribution in [2.75, 3.05) is 6.61 Å². The highest BCUT2D eigenvalue weighted by Gasteiger charge is 2.17. The van der Waals surface area contributed by atoms with Crippen molar-refractivity contribution in [1.82, 2.24) is 0 Å². The summed E-state index contributed by atoms with van der Waals surface area (Å²) in [5.74, 6) is 1.04. The van der Waals surface area contributed by atoms with Gasteiger partial charge in [-0.1, -0.05) is 24.9 Å². The molecule has 0 spiro atoms. The Labute approximate surface area is 83.7 Å². The van der Waals surface area contributed by atoms with Gasteiger partial charge in [-0.15, -0.1) is 0 Å². The molecule has 1 aliphatic rings. The summed E-state index contributed by atoms with van der Waals surface area (Å²) in [6.07, 6.45) is 3.22. The van der Waals surface area contributed by atoms with E-state index in [9.17, 15) is 0 Å². The molecular weight excluding hydrogens is 184 g/mol. The minimum Gasteiger partial charge on any atom is -0.493 e. The molecule has 0 atom stereocenters. The maximum atomic E-state index is 6.13. The number of hydrogen-bond donors (Lipinski definition) is 0. The minimum absolute atomic E-state index is 0.812. The molecule has 1 aliphatic heterocycles. The number of fused-ring (bicyclic) bond motifs is 1. The first-order valence-electron chi connectivity index (χ1n) is 4.76. The van der Waals surface area contributed by atoms with Gasteiger partial charge in [0.25, 0.3) is 0 Å². The predicted molar refractivity (Wildman–Crippen MR) is 54.6 cm³/mol. The molecule has 70 valence electrons. The van der Waals surface area contributed by atoms with Crippen molar-refractivity contribution in [2.45, 2.75) is 26.2 Å². The minimum atomic E-state index is 0.812. The molecule has 0 saturated heterocycles. The summed E-state index contributed by atoms with van der Waals surface area (Å²) < 4.78 is 5.48. The van der Waals surface area contributed by atoms with Crippen LogP contribution >= 0.6 is 11.6 Å². The predicted octanol–water partition coefficient (Wildman–Crippen LogP) is 3.23. The molecule has 0 radical (unpaired) electrons. The highest BCUT2D eigenvalue weighted by atomic mass is 35.5. The van der Waals surface area contributed by atoms with Gasteiger partial charge in [0.1, 0.15) is 5.75 Å². The van der Waals surface area contributed by atoms with E-state index < -0.39 is 0 Å². The molecule has 1 aromatic carbocycles. The lowest BCUT2D eigenvalue weighted by Gasteiger charge is -2.07. The van der Waals surface area contributed by atoms with Gasteiger partial charge in [0.05, 0.1) is 6.61 Å². The third-order valence-corrected chi connectivity index (χ3v) is 2.79. The van der Waals surface area contributed by atoms with Crippen LogP contribution in [0.4, 0.5) is 0 Å². The molecule has 1 heterocycles. The van der Waals surface area contributed by atoms with Crippen LogP contribution in [0.15, 0.2) is 12.1 Å². The van der Waals surface area contributed by atoms with E-state index >= 15 is 0 Å². The Morgan fingerprint density at radius 1 is 1.46 bits per heavy atom. The molecule has 2 rings (SSSR count). The average molecular weight is 197 g/mol. The van der Waals surface area contributed by atoms with Gasteiger partial charge in [-0.3, -0.25) is 0 Å². The molecule has 0 fully saturated rings. The normalized spacial score (nSPS) is 14.0. The van der Waals surface area contributed by atoms with Crippen LogP contribution in [0.5, 0.6) is 5.75 Å². The Bertz CT molecular complexity index is 320. The largest absolute Gasteiger partial charge is 0.493 e. The number of ether oxygens (including phenoxy) is 1. The third-order valence-electron chi connectivity index (χ3n) is 2.44. The molecule has 0 amide bonds. The molecule has 0 bridgehead atoms. The van der Waals surface area contributed by atoms with Crippen LogP contribution in [-0.4, -0.2) is 6.61 Å². The van der Waals surface area contributed by atoms with E-state index in [0.29, 0.717) is 0 Å². The van der Waals surface area contributed by atoms with Crippen molar-refractivity contribution in [3.63, 3.8) is 0 Å². The quantitative estimate of drug-likeness (QED) is 0.706. The van der Waals surface area contributed by atoms with Crippen molar-refractivity contribution in [3.05, 3.63) is 28.3 Å². The Hall–Kier alpha value is -0.690. The van der Waals surface area contributed by atoms with E-state index in [1.807, 2.05) is 12.1 Å². The van der Waals surface area contributed by atoms with Crippen LogP contribution in [0.25, 0.3) is 0 Å². The Balaban J connectivity index is 2.45. The van der Waals surface area contributed by atoms with E-state index in [4.69, 9.17) is 16.3 Å². The molecule has 13 heavy (non-hydrogen) atoms. The van der Waals surface area contributed by atoms with Gasteiger partial charge in [-0.2, -0.15) is 0 Å². The van der Waals surface area contributed by atoms with Gasteiger partial charge in [-0.25, -0.2) is 0 Å². The maximum Gasteiger partial charge on any atom is 0.123 e. The number of rotatable bonds is 2. The Morgan fingerprint density at radius 3 is 3.08 bits per heavy atom. The van der Waals surface area contributed by atoms with Gasteiger partial charge >= 0.3 is 0 Å². The monoisotopic (exact) mass is 196 g/mol. The molecule has 1 nitrogen and oxygen atoms in total. The van der Waals surface area contributed by atoms with Crippen LogP contribution in [0.2, 0.25) is 5.02 Å². The van der Waals surface area contributed by atoms with E-state index in [-0.39, 0.29) is 0 Å². The van der Waals surface area contributed by atoms with Gasteiger partial charge in [0.15, 0.2) is 0 Å². The zero-order chi connectivity index (χ0) is 9.26. The first kappa shape index (κ1) is 8.89. The highest BCUT2D eigenvalue weighted by molar-refractivity contribution is 6.31. The summed E-state index contributed by atoms with van der Waals surface area (Å²) in [7, 11) is 0. The molecule has 0 unspecified atom stereocenters. The molecule has 0 aromatic heterocycles. The van der Waals surface area contributed by atoms with Gasteiger partial charge in [-0.05, 0) is 24.1 Å². The van der Waals surface area contributed by atoms with E-state index in [1.165, 1.54) is 11.1 Å². The van der Waals surface area contributed by atoms with Crippen LogP contribution < -0.4 is 4.74 Å². The topological polar surface area (TPSA) is 9.23 Å². The second-order valence-electron chi connectivity index (χ2n) is 3.35. The molecule has 0 aliphatic carbocycles. The fraction of sp³-hybridized carbons (Fsp3) is 0.455. The van der Waals surface area contributed by atoms with E-state index in [2.05, 4.69) is 6.92 Å². The summed E-state index contributed by atoms with van der Waals surface area (Å²) in [5, 5.41) is 0.895. The van der Waals surface area contributed by atoms with Crippen molar-refractivity contribution < 1.29 is 4.74 Å². The van der Waals surface area contributed by atoms with Crippen molar-refractivity contribution in [2.24, 2.45) is 0 Å². The third kappa shape index (κ3) is 1.53. The van der Waals surface area contributed by atoms with Crippen LogP contribution in [0, 0.1) is 0 Å². The summed E-state index contributed by atoms with van der Waals surface area (Å²) >= 11 is 6.13. The zero-order valence-electron chi connectivity index (χ0n) is 7.77. The molecule has 0 saturated carbocycles. The maximum absolute atomic E-state index is 6.13. The molecular formula is C11H13ClO. The highest BCUT2D eigenvalue weighted by Crippen LogP contribution is 2.33. The first-order chi connectivity index (χ1) is 6.33. The summed E-state index contributed by atoms with van der Waals surface area (Å²) in [5.41, 5.74) is 2.62. The molecule has 1 aromatic rings. The second kappa shape index (κ2) is 3.59. The van der Waals surface area contributed by atoms with Crippen LogP contribution in [-0.2, 0) is 12.8 Å². The summed E-state index contributed by atoms with van der Waals surface area (Å²) in [4.78, 5) is 0. The fourth-order valence-electron chi connectivity index (χ4n) is 1.84. The average Bonchev–Trinajstić information content (AvgIpc) is 2.58. The van der Waals surface area contributed by atoms with Crippen molar-refractivity contribution in [1.29, 1.82) is 0 Å². The molecule has 0 N–H and O–H groups in total. The summed E-state index contributed by atoms with van der Waals surface area (Å²) in [6.45, 7) is 2.98. The Kier molecular flexibility index (Phi) is 2.45. The van der Waals surface area contributed by atoms with Crippen molar-refractivity contribution >= 4 is 11.6 Å². The zero-order valence-corrected chi connectivity index (χ0v) is 8.53. The smallest absolute Gasteiger partial charge is 0.123 e. The van der Waals surface area contributed by atoms with Crippen LogP contribution in [0.1, 0.15) is 24.5 Å². The lowest BCUT2D eigenvalue weighted by molar-refractivity contribution is 0.357. The number of halogens is 1. The summed E-state index contributed by atoms with van der Waals surface area (Å²) in [6, 6.07) is 3.92. The SMILES string of the molecule is CCCc1c(Cl)ccc2c1CCO2. The lowest BCUT2D eigenvalue weighted by atomic mass is 10.0. The lowest BCUT2D eigenvalue weighted by Crippen LogP contribution is -1.92. The standard InChI is InChI=1S/C11H13ClO/c1-2-3-8-9-6-7-13-11(9)5-4-10(8)12/h4-5H,2-3,6-7H2,1H3. The second-order valence-corrected chi connectivity index (χ2v) is 3.76. The van der Waals surface area contributed by atoms with E-state index in [1.54, 1.807) is 0 Å². The number of benzene rings is 1. The molecule has 2 heteroatoms. The van der Waals surface area contributed by atoms with Gasteiger partial charge in [0, 0.05) is 17.0 Å². The van der Waals surface area contributed by atoms with Gasteiger partial charge < -0.3 is 4.74 Å². The first-order valence-corrected chi connectivity index (χ1v) is 5.13. The Morgan fingerprint density at radius 2 is 2.31 bits per heavy atom. The number of hydrogen-bond acceptors (Lipinski definition) is 1. The van der Waals surface area contributed by atoms with Crippen molar-refractivity contribution in [3.8, 4) is 5.75 Å². The fourth-order valence-corrected chi connectivity index (χ4v) is 2.11. The van der Waals surface area contributed by atoms with Crippen LogP contribution in [0.3, 0.4) is 0 Å².